The summed E-state index contributed by atoms with van der Waals surface area (Å²) < 4.78 is 5.89. The van der Waals surface area contributed by atoms with Crippen molar-refractivity contribution in [2.75, 3.05) is 0 Å². The van der Waals surface area contributed by atoms with E-state index in [0.29, 0.717) is 5.92 Å². The van der Waals surface area contributed by atoms with Gasteiger partial charge >= 0.3 is 0 Å². The summed E-state index contributed by atoms with van der Waals surface area (Å²) in [6, 6.07) is 8.57. The first-order chi connectivity index (χ1) is 7.78. The van der Waals surface area contributed by atoms with Gasteiger partial charge in [-0.25, -0.2) is 0 Å². The van der Waals surface area contributed by atoms with Crippen molar-refractivity contribution in [3.8, 4) is 0 Å². The zero-order chi connectivity index (χ0) is 13.1. The fraction of sp³-hybridized carbons (Fsp3) is 0.467. The molecular formula is C15H24OSi. The Labute approximate surface area is 107 Å². The van der Waals surface area contributed by atoms with Crippen molar-refractivity contribution < 1.29 is 4.43 Å². The van der Waals surface area contributed by atoms with Gasteiger partial charge in [-0.3, -0.25) is 0 Å². The molecule has 0 aliphatic carbocycles. The maximum Gasteiger partial charge on any atom is 0.242 e. The van der Waals surface area contributed by atoms with E-state index in [0.717, 1.165) is 17.7 Å². The van der Waals surface area contributed by atoms with E-state index in [9.17, 15) is 0 Å². The quantitative estimate of drug-likeness (QED) is 0.542. The van der Waals surface area contributed by atoms with Crippen LogP contribution in [0.4, 0.5) is 0 Å². The lowest BCUT2D eigenvalue weighted by atomic mass is 10.0. The molecule has 0 bridgehead atoms. The molecule has 1 aromatic carbocycles. The predicted octanol–water partition coefficient (Wildman–Crippen LogP) is 4.71. The largest absolute Gasteiger partial charge is 0.544 e. The minimum absolute atomic E-state index is 0.697. The minimum Gasteiger partial charge on any atom is -0.544 e. The highest BCUT2D eigenvalue weighted by Crippen LogP contribution is 2.20. The van der Waals surface area contributed by atoms with Crippen LogP contribution in [-0.2, 0) is 10.8 Å². The van der Waals surface area contributed by atoms with E-state index in [4.69, 9.17) is 4.43 Å². The van der Waals surface area contributed by atoms with Crippen LogP contribution < -0.4 is 0 Å². The SMILES string of the molecule is C=C(O[Si](C)(C)C)c1ccc(CC(C)C)cc1. The Morgan fingerprint density at radius 2 is 1.71 bits per heavy atom. The van der Waals surface area contributed by atoms with Crippen molar-refractivity contribution in [2.45, 2.75) is 39.9 Å². The number of hydrogen-bond donors (Lipinski definition) is 0. The Hall–Kier alpha value is -1.02. The van der Waals surface area contributed by atoms with Gasteiger partial charge in [-0.05, 0) is 37.5 Å². The maximum absolute atomic E-state index is 5.89. The average molecular weight is 248 g/mol. The van der Waals surface area contributed by atoms with Crippen LogP contribution in [0.5, 0.6) is 0 Å². The molecule has 0 atom stereocenters. The van der Waals surface area contributed by atoms with E-state index in [1.165, 1.54) is 5.56 Å². The molecule has 1 aromatic rings. The van der Waals surface area contributed by atoms with Gasteiger partial charge in [0.15, 0.2) is 0 Å². The molecule has 0 radical (unpaired) electrons. The average Bonchev–Trinajstić information content (AvgIpc) is 2.15. The third-order valence-corrected chi connectivity index (χ3v) is 3.21. The van der Waals surface area contributed by atoms with Crippen molar-refractivity contribution in [1.82, 2.24) is 0 Å². The molecule has 0 heterocycles. The van der Waals surface area contributed by atoms with Gasteiger partial charge in [-0.1, -0.05) is 44.7 Å². The molecule has 0 spiro atoms. The highest BCUT2D eigenvalue weighted by molar-refractivity contribution is 6.70. The fourth-order valence-electron chi connectivity index (χ4n) is 1.73. The third kappa shape index (κ3) is 5.22. The molecule has 0 aliphatic heterocycles. The molecule has 0 amide bonds. The Morgan fingerprint density at radius 3 is 2.12 bits per heavy atom. The molecule has 1 nitrogen and oxygen atoms in total. The van der Waals surface area contributed by atoms with Crippen molar-refractivity contribution in [3.05, 3.63) is 42.0 Å². The zero-order valence-electron chi connectivity index (χ0n) is 11.7. The van der Waals surface area contributed by atoms with Gasteiger partial charge in [0, 0.05) is 5.56 Å². The van der Waals surface area contributed by atoms with E-state index < -0.39 is 8.32 Å². The molecule has 94 valence electrons. The van der Waals surface area contributed by atoms with Crippen molar-refractivity contribution >= 4 is 14.1 Å². The van der Waals surface area contributed by atoms with Gasteiger partial charge in [0.2, 0.25) is 8.32 Å². The first-order valence-corrected chi connectivity index (χ1v) is 9.66. The van der Waals surface area contributed by atoms with Crippen LogP contribution >= 0.6 is 0 Å². The van der Waals surface area contributed by atoms with Gasteiger partial charge in [0.25, 0.3) is 0 Å². The number of benzene rings is 1. The molecular weight excluding hydrogens is 224 g/mol. The van der Waals surface area contributed by atoms with Crippen LogP contribution in [-0.4, -0.2) is 8.32 Å². The summed E-state index contributed by atoms with van der Waals surface area (Å²) in [7, 11) is -1.54. The zero-order valence-corrected chi connectivity index (χ0v) is 12.7. The fourth-order valence-corrected chi connectivity index (χ4v) is 2.58. The van der Waals surface area contributed by atoms with Crippen molar-refractivity contribution in [1.29, 1.82) is 0 Å². The first-order valence-electron chi connectivity index (χ1n) is 6.25. The summed E-state index contributed by atoms with van der Waals surface area (Å²) in [5, 5.41) is 0. The van der Waals surface area contributed by atoms with Crippen LogP contribution in [0.15, 0.2) is 30.8 Å². The second-order valence-electron chi connectivity index (χ2n) is 5.93. The van der Waals surface area contributed by atoms with Crippen LogP contribution in [0, 0.1) is 5.92 Å². The minimum atomic E-state index is -1.54. The van der Waals surface area contributed by atoms with E-state index >= 15 is 0 Å². The number of hydrogen-bond acceptors (Lipinski definition) is 1. The van der Waals surface area contributed by atoms with Gasteiger partial charge in [0.05, 0.1) is 0 Å². The molecule has 0 unspecified atom stereocenters. The lowest BCUT2D eigenvalue weighted by molar-refractivity contribution is 0.516. The van der Waals surface area contributed by atoms with Crippen LogP contribution in [0.2, 0.25) is 19.6 Å². The van der Waals surface area contributed by atoms with Gasteiger partial charge in [-0.15, -0.1) is 0 Å². The van der Waals surface area contributed by atoms with Crippen LogP contribution in [0.3, 0.4) is 0 Å². The molecule has 0 aliphatic rings. The molecule has 0 saturated heterocycles. The molecule has 17 heavy (non-hydrogen) atoms. The van der Waals surface area contributed by atoms with E-state index in [1.807, 2.05) is 0 Å². The molecule has 0 saturated carbocycles. The van der Waals surface area contributed by atoms with Crippen LogP contribution in [0.1, 0.15) is 25.0 Å². The highest BCUT2D eigenvalue weighted by atomic mass is 28.4. The summed E-state index contributed by atoms with van der Waals surface area (Å²) in [5.41, 5.74) is 2.48. The summed E-state index contributed by atoms with van der Waals surface area (Å²) in [6.45, 7) is 15.0. The van der Waals surface area contributed by atoms with E-state index in [2.05, 4.69) is 64.3 Å². The van der Waals surface area contributed by atoms with Gasteiger partial charge in [0.1, 0.15) is 5.76 Å². The second kappa shape index (κ2) is 5.54. The van der Waals surface area contributed by atoms with Crippen molar-refractivity contribution in [2.24, 2.45) is 5.92 Å². The van der Waals surface area contributed by atoms with Crippen molar-refractivity contribution in [3.63, 3.8) is 0 Å². The molecule has 2 heteroatoms. The Bertz CT molecular complexity index is 371. The second-order valence-corrected chi connectivity index (χ2v) is 10.4. The lowest BCUT2D eigenvalue weighted by Gasteiger charge is -2.21. The third-order valence-electron chi connectivity index (χ3n) is 2.35. The standard InChI is InChI=1S/C15H24OSi/c1-12(2)11-14-7-9-15(10-8-14)13(3)16-17(4,5)6/h7-10,12H,3,11H2,1-2,4-6H3. The Morgan fingerprint density at radius 1 is 1.18 bits per heavy atom. The topological polar surface area (TPSA) is 9.23 Å². The Kier molecular flexibility index (Phi) is 4.58. The first kappa shape index (κ1) is 14.0. The monoisotopic (exact) mass is 248 g/mol. The lowest BCUT2D eigenvalue weighted by Crippen LogP contribution is -2.24. The summed E-state index contributed by atoms with van der Waals surface area (Å²) >= 11 is 0. The summed E-state index contributed by atoms with van der Waals surface area (Å²) in [5.74, 6) is 1.50. The maximum atomic E-state index is 5.89. The predicted molar refractivity (Wildman–Crippen MR) is 78.4 cm³/mol. The van der Waals surface area contributed by atoms with Gasteiger partial charge < -0.3 is 4.43 Å². The summed E-state index contributed by atoms with van der Waals surface area (Å²) in [6.07, 6.45) is 1.13. The van der Waals surface area contributed by atoms with Gasteiger partial charge in [-0.2, -0.15) is 0 Å². The van der Waals surface area contributed by atoms with E-state index in [-0.39, 0.29) is 0 Å². The smallest absolute Gasteiger partial charge is 0.242 e. The molecule has 0 aromatic heterocycles. The highest BCUT2D eigenvalue weighted by Gasteiger charge is 2.17. The number of rotatable bonds is 5. The normalized spacial score (nSPS) is 11.6. The molecule has 1 rings (SSSR count). The summed E-state index contributed by atoms with van der Waals surface area (Å²) in [4.78, 5) is 0. The Balaban J connectivity index is 2.71. The molecule has 0 fully saturated rings. The molecule has 0 N–H and O–H groups in total. The van der Waals surface area contributed by atoms with Crippen LogP contribution in [0.25, 0.3) is 5.76 Å². The van der Waals surface area contributed by atoms with E-state index in [1.54, 1.807) is 0 Å².